The smallest absolute Gasteiger partial charge is 0.239 e. The molecule has 1 N–H and O–H groups in total. The van der Waals surface area contributed by atoms with Crippen molar-refractivity contribution >= 4 is 11.5 Å². The van der Waals surface area contributed by atoms with Gasteiger partial charge in [-0.25, -0.2) is 0 Å². The van der Waals surface area contributed by atoms with Gasteiger partial charge in [0.15, 0.2) is 0 Å². The van der Waals surface area contributed by atoms with Gasteiger partial charge in [0.05, 0.1) is 5.54 Å². The highest BCUT2D eigenvalue weighted by molar-refractivity contribution is 5.85. The molecule has 0 unspecified atom stereocenters. The first-order valence-electron chi connectivity index (χ1n) is 8.19. The summed E-state index contributed by atoms with van der Waals surface area (Å²) in [6.45, 7) is 10.7. The van der Waals surface area contributed by atoms with E-state index in [0.717, 1.165) is 26.1 Å². The molecule has 3 nitrogen and oxygen atoms in total. The maximum Gasteiger partial charge on any atom is 0.239 e. The highest BCUT2D eigenvalue weighted by atomic mass is 16.2. The van der Waals surface area contributed by atoms with Crippen molar-refractivity contribution < 1.29 is 4.79 Å². The number of carbonyl (C=O) groups is 1. The van der Waals surface area contributed by atoms with Crippen molar-refractivity contribution in [2.75, 3.05) is 19.6 Å². The van der Waals surface area contributed by atoms with Crippen molar-refractivity contribution in [2.24, 2.45) is 5.92 Å². The Bertz CT molecular complexity index is 532. The molecular weight excluding hydrogens is 272 g/mol. The molecular formula is C19H28N2O. The van der Waals surface area contributed by atoms with Crippen LogP contribution in [0.2, 0.25) is 0 Å². The third kappa shape index (κ3) is 3.98. The Morgan fingerprint density at radius 2 is 1.95 bits per heavy atom. The molecule has 1 amide bonds. The van der Waals surface area contributed by atoms with E-state index in [-0.39, 0.29) is 5.91 Å². The van der Waals surface area contributed by atoms with E-state index in [1.54, 1.807) is 0 Å². The number of hydrogen-bond donors (Lipinski definition) is 1. The highest BCUT2D eigenvalue weighted by Crippen LogP contribution is 2.26. The molecule has 0 atom stereocenters. The summed E-state index contributed by atoms with van der Waals surface area (Å²) in [5.74, 6) is 0.600. The second-order valence-corrected chi connectivity index (χ2v) is 6.95. The van der Waals surface area contributed by atoms with E-state index in [4.69, 9.17) is 0 Å². The van der Waals surface area contributed by atoms with Crippen molar-refractivity contribution in [1.82, 2.24) is 10.2 Å². The lowest BCUT2D eigenvalue weighted by molar-refractivity contribution is -0.131. The Morgan fingerprint density at radius 3 is 2.50 bits per heavy atom. The van der Waals surface area contributed by atoms with Crippen LogP contribution in [0.5, 0.6) is 0 Å². The largest absolute Gasteiger partial charge is 0.354 e. The average molecular weight is 300 g/mol. The summed E-state index contributed by atoms with van der Waals surface area (Å²) in [6, 6.07) is 10.5. The zero-order chi connectivity index (χ0) is 16.2. The van der Waals surface area contributed by atoms with E-state index in [0.29, 0.717) is 5.92 Å². The maximum absolute atomic E-state index is 12.4. The predicted octanol–water partition coefficient (Wildman–Crippen LogP) is 3.33. The van der Waals surface area contributed by atoms with Crippen LogP contribution in [0.25, 0.3) is 5.57 Å². The summed E-state index contributed by atoms with van der Waals surface area (Å²) in [5, 5.41) is 3.06. The molecule has 0 bridgehead atoms. The van der Waals surface area contributed by atoms with Crippen LogP contribution in [0.15, 0.2) is 36.4 Å². The lowest BCUT2D eigenvalue weighted by Crippen LogP contribution is -2.56. The molecule has 0 aromatic heterocycles. The minimum atomic E-state index is -0.465. The molecule has 0 spiro atoms. The van der Waals surface area contributed by atoms with E-state index in [2.05, 4.69) is 54.4 Å². The summed E-state index contributed by atoms with van der Waals surface area (Å²) in [5.41, 5.74) is 2.22. The summed E-state index contributed by atoms with van der Waals surface area (Å²) in [6.07, 6.45) is 3.25. The van der Waals surface area contributed by atoms with Gasteiger partial charge in [0.25, 0.3) is 0 Å². The number of hydrogen-bond acceptors (Lipinski definition) is 2. The molecule has 2 rings (SSSR count). The van der Waals surface area contributed by atoms with Crippen LogP contribution < -0.4 is 5.32 Å². The average Bonchev–Trinajstić information content (AvgIpc) is 2.53. The van der Waals surface area contributed by atoms with E-state index in [1.807, 2.05) is 19.9 Å². The van der Waals surface area contributed by atoms with Crippen molar-refractivity contribution in [2.45, 2.75) is 39.7 Å². The predicted molar refractivity (Wildman–Crippen MR) is 92.5 cm³/mol. The zero-order valence-electron chi connectivity index (χ0n) is 14.2. The van der Waals surface area contributed by atoms with Gasteiger partial charge in [0, 0.05) is 19.6 Å². The normalized spacial score (nSPS) is 16.5. The molecule has 0 saturated carbocycles. The van der Waals surface area contributed by atoms with Gasteiger partial charge >= 0.3 is 0 Å². The van der Waals surface area contributed by atoms with Gasteiger partial charge in [0.1, 0.15) is 0 Å². The van der Waals surface area contributed by atoms with Gasteiger partial charge < -0.3 is 5.32 Å². The van der Waals surface area contributed by atoms with Crippen LogP contribution in [0.3, 0.4) is 0 Å². The minimum Gasteiger partial charge on any atom is -0.354 e. The van der Waals surface area contributed by atoms with E-state index in [1.165, 1.54) is 11.1 Å². The fourth-order valence-corrected chi connectivity index (χ4v) is 2.75. The van der Waals surface area contributed by atoms with E-state index >= 15 is 0 Å². The topological polar surface area (TPSA) is 32.3 Å². The van der Waals surface area contributed by atoms with Crippen LogP contribution >= 0.6 is 0 Å². The minimum absolute atomic E-state index is 0.123. The second-order valence-electron chi connectivity index (χ2n) is 6.95. The number of amides is 1. The van der Waals surface area contributed by atoms with Gasteiger partial charge in [-0.15, -0.1) is 0 Å². The van der Waals surface area contributed by atoms with Gasteiger partial charge in [-0.1, -0.05) is 50.3 Å². The summed E-state index contributed by atoms with van der Waals surface area (Å²) in [4.78, 5) is 14.7. The molecule has 22 heavy (non-hydrogen) atoms. The number of nitrogens with zero attached hydrogens (tertiary/aromatic N) is 1. The molecule has 1 heterocycles. The zero-order valence-corrected chi connectivity index (χ0v) is 14.2. The SMILES string of the molecule is CC(C)CNC(=O)C(C)(C)N1CC=C(c2ccccc2)CC1. The summed E-state index contributed by atoms with van der Waals surface area (Å²) >= 11 is 0. The number of carbonyl (C=O) groups excluding carboxylic acids is 1. The van der Waals surface area contributed by atoms with Gasteiger partial charge in [-0.05, 0) is 37.3 Å². The third-order valence-electron chi connectivity index (χ3n) is 4.37. The quantitative estimate of drug-likeness (QED) is 0.904. The molecule has 0 fully saturated rings. The molecule has 3 heteroatoms. The van der Waals surface area contributed by atoms with E-state index < -0.39 is 5.54 Å². The Labute approximate surface area is 134 Å². The molecule has 1 aliphatic rings. The molecule has 0 radical (unpaired) electrons. The molecule has 120 valence electrons. The van der Waals surface area contributed by atoms with E-state index in [9.17, 15) is 4.79 Å². The van der Waals surface area contributed by atoms with Crippen molar-refractivity contribution in [3.8, 4) is 0 Å². The Morgan fingerprint density at radius 1 is 1.27 bits per heavy atom. The number of rotatable bonds is 5. The lowest BCUT2D eigenvalue weighted by atomic mass is 9.94. The monoisotopic (exact) mass is 300 g/mol. The molecule has 1 aromatic carbocycles. The standard InChI is InChI=1S/C19H28N2O/c1-15(2)14-20-18(22)19(3,4)21-12-10-17(11-13-21)16-8-6-5-7-9-16/h5-10,15H,11-14H2,1-4H3,(H,20,22). The van der Waals surface area contributed by atoms with Crippen molar-refractivity contribution in [3.63, 3.8) is 0 Å². The first-order chi connectivity index (χ1) is 10.4. The van der Waals surface area contributed by atoms with Crippen LogP contribution in [0.1, 0.15) is 39.7 Å². The summed E-state index contributed by atoms with van der Waals surface area (Å²) < 4.78 is 0. The first kappa shape index (κ1) is 16.8. The Kier molecular flexibility index (Phi) is 5.41. The number of nitrogens with one attached hydrogen (secondary N) is 1. The van der Waals surface area contributed by atoms with Crippen molar-refractivity contribution in [1.29, 1.82) is 0 Å². The highest BCUT2D eigenvalue weighted by Gasteiger charge is 2.35. The van der Waals surface area contributed by atoms with Gasteiger partial charge in [-0.3, -0.25) is 9.69 Å². The van der Waals surface area contributed by atoms with Gasteiger partial charge in [-0.2, -0.15) is 0 Å². The van der Waals surface area contributed by atoms with Crippen LogP contribution in [-0.4, -0.2) is 36.0 Å². The molecule has 0 aliphatic carbocycles. The second kappa shape index (κ2) is 7.10. The number of benzene rings is 1. The lowest BCUT2D eigenvalue weighted by Gasteiger charge is -2.39. The van der Waals surface area contributed by atoms with Gasteiger partial charge in [0.2, 0.25) is 5.91 Å². The first-order valence-corrected chi connectivity index (χ1v) is 8.19. The van der Waals surface area contributed by atoms with Crippen LogP contribution in [0.4, 0.5) is 0 Å². The summed E-state index contributed by atoms with van der Waals surface area (Å²) in [7, 11) is 0. The van der Waals surface area contributed by atoms with Crippen LogP contribution in [0, 0.1) is 5.92 Å². The molecule has 1 aromatic rings. The fraction of sp³-hybridized carbons (Fsp3) is 0.526. The van der Waals surface area contributed by atoms with Crippen molar-refractivity contribution in [3.05, 3.63) is 42.0 Å². The maximum atomic E-state index is 12.4. The molecule has 1 aliphatic heterocycles. The Hall–Kier alpha value is -1.61. The fourth-order valence-electron chi connectivity index (χ4n) is 2.75. The Balaban J connectivity index is 2.00. The van der Waals surface area contributed by atoms with Crippen LogP contribution in [-0.2, 0) is 4.79 Å². The molecule has 0 saturated heterocycles. The third-order valence-corrected chi connectivity index (χ3v) is 4.37.